The van der Waals surface area contributed by atoms with Gasteiger partial charge in [0.05, 0.1) is 6.42 Å². The lowest BCUT2D eigenvalue weighted by molar-refractivity contribution is -0.120. The first-order chi connectivity index (χ1) is 13.3. The summed E-state index contributed by atoms with van der Waals surface area (Å²) >= 11 is 0. The summed E-state index contributed by atoms with van der Waals surface area (Å²) in [6.45, 7) is 13.1. The molecule has 150 valence electrons. The summed E-state index contributed by atoms with van der Waals surface area (Å²) in [5.74, 6) is 1.32. The molecule has 5 heteroatoms. The first-order valence-electron chi connectivity index (χ1n) is 10.2. The van der Waals surface area contributed by atoms with Gasteiger partial charge in [-0.15, -0.1) is 0 Å². The highest BCUT2D eigenvalue weighted by Crippen LogP contribution is 2.27. The number of nitrogens with zero attached hydrogens (tertiary/aromatic N) is 3. The summed E-state index contributed by atoms with van der Waals surface area (Å²) in [4.78, 5) is 24.2. The molecule has 0 saturated carbocycles. The van der Waals surface area contributed by atoms with Crippen molar-refractivity contribution >= 4 is 5.91 Å². The van der Waals surface area contributed by atoms with Gasteiger partial charge in [-0.2, -0.15) is 0 Å². The molecular formula is C23H32N4O. The van der Waals surface area contributed by atoms with Gasteiger partial charge in [-0.3, -0.25) is 9.69 Å². The molecule has 1 aliphatic heterocycles. The van der Waals surface area contributed by atoms with Crippen LogP contribution in [0.3, 0.4) is 0 Å². The minimum Gasteiger partial charge on any atom is -0.354 e. The van der Waals surface area contributed by atoms with Gasteiger partial charge in [0, 0.05) is 42.0 Å². The quantitative estimate of drug-likeness (QED) is 0.834. The molecule has 1 amide bonds. The maximum absolute atomic E-state index is 12.1. The fraction of sp³-hybridized carbons (Fsp3) is 0.522. The van der Waals surface area contributed by atoms with Crippen LogP contribution in [0.1, 0.15) is 60.1 Å². The zero-order valence-electron chi connectivity index (χ0n) is 17.7. The van der Waals surface area contributed by atoms with E-state index >= 15 is 0 Å². The Bertz CT molecular complexity index is 823. The number of rotatable bonds is 6. The van der Waals surface area contributed by atoms with Crippen molar-refractivity contribution in [2.75, 3.05) is 13.1 Å². The van der Waals surface area contributed by atoms with Crippen LogP contribution >= 0.6 is 0 Å². The maximum Gasteiger partial charge on any atom is 0.224 e. The third kappa shape index (κ3) is 5.16. The van der Waals surface area contributed by atoms with Gasteiger partial charge in [0.25, 0.3) is 0 Å². The minimum atomic E-state index is 0.0303. The predicted octanol–water partition coefficient (Wildman–Crippen LogP) is 3.46. The Morgan fingerprint density at radius 2 is 1.93 bits per heavy atom. The number of benzene rings is 1. The third-order valence-electron chi connectivity index (χ3n) is 5.35. The van der Waals surface area contributed by atoms with Crippen molar-refractivity contribution in [3.8, 4) is 0 Å². The molecule has 0 aliphatic carbocycles. The maximum atomic E-state index is 12.1. The summed E-state index contributed by atoms with van der Waals surface area (Å²) < 4.78 is 0. The van der Waals surface area contributed by atoms with Gasteiger partial charge in [0.15, 0.2) is 0 Å². The number of hydrogen-bond acceptors (Lipinski definition) is 4. The third-order valence-corrected chi connectivity index (χ3v) is 5.35. The molecule has 1 atom stereocenters. The Kier molecular flexibility index (Phi) is 6.45. The second-order valence-electron chi connectivity index (χ2n) is 8.34. The zero-order valence-corrected chi connectivity index (χ0v) is 17.7. The Morgan fingerprint density at radius 1 is 1.21 bits per heavy atom. The molecule has 28 heavy (non-hydrogen) atoms. The Labute approximate surface area is 168 Å². The van der Waals surface area contributed by atoms with Crippen LogP contribution in [0.25, 0.3) is 0 Å². The summed E-state index contributed by atoms with van der Waals surface area (Å²) in [5.41, 5.74) is 5.48. The van der Waals surface area contributed by atoms with Crippen LogP contribution in [0.15, 0.2) is 24.3 Å². The number of carbonyl (C=O) groups is 1. The summed E-state index contributed by atoms with van der Waals surface area (Å²) in [6, 6.07) is 8.86. The van der Waals surface area contributed by atoms with Gasteiger partial charge in [0.1, 0.15) is 5.82 Å². The van der Waals surface area contributed by atoms with E-state index in [0.29, 0.717) is 12.3 Å². The number of likely N-dealkylation sites (tertiary alicyclic amines) is 1. The van der Waals surface area contributed by atoms with E-state index in [4.69, 9.17) is 9.97 Å². The lowest BCUT2D eigenvalue weighted by atomic mass is 10.0. The Morgan fingerprint density at radius 3 is 2.57 bits per heavy atom. The fourth-order valence-electron chi connectivity index (χ4n) is 3.99. The minimum absolute atomic E-state index is 0.0303. The van der Waals surface area contributed by atoms with E-state index in [2.05, 4.69) is 41.4 Å². The van der Waals surface area contributed by atoms with E-state index in [0.717, 1.165) is 48.8 Å². The zero-order chi connectivity index (χ0) is 20.3. The highest BCUT2D eigenvalue weighted by Gasteiger charge is 2.27. The van der Waals surface area contributed by atoms with Crippen molar-refractivity contribution in [3.05, 3.63) is 58.2 Å². The largest absolute Gasteiger partial charge is 0.354 e. The molecule has 2 heterocycles. The van der Waals surface area contributed by atoms with Crippen molar-refractivity contribution in [1.29, 1.82) is 0 Å². The number of aromatic nitrogens is 2. The van der Waals surface area contributed by atoms with Gasteiger partial charge >= 0.3 is 0 Å². The van der Waals surface area contributed by atoms with Crippen LogP contribution in [-0.4, -0.2) is 39.9 Å². The molecule has 1 aromatic heterocycles. The topological polar surface area (TPSA) is 58.1 Å². The number of carbonyl (C=O) groups excluding carboxylic acids is 1. The molecular weight excluding hydrogens is 348 g/mol. The average Bonchev–Trinajstić information content (AvgIpc) is 3.06. The SMILES string of the molecule is Cc1cccc(CN2CC[C@H](c3nc(C)c(CC(=O)NC(C)C)c(C)n3)C2)c1. The molecule has 0 bridgehead atoms. The molecule has 0 spiro atoms. The molecule has 1 aromatic carbocycles. The normalized spacial score (nSPS) is 17.3. The number of aryl methyl sites for hydroxylation is 3. The lowest BCUT2D eigenvalue weighted by Crippen LogP contribution is -2.32. The second kappa shape index (κ2) is 8.82. The highest BCUT2D eigenvalue weighted by molar-refractivity contribution is 5.79. The fourth-order valence-corrected chi connectivity index (χ4v) is 3.99. The molecule has 0 radical (unpaired) electrons. The summed E-state index contributed by atoms with van der Waals surface area (Å²) in [6.07, 6.45) is 1.43. The molecule has 1 N–H and O–H groups in total. The molecule has 3 rings (SSSR count). The summed E-state index contributed by atoms with van der Waals surface area (Å²) in [5, 5.41) is 2.95. The Balaban J connectivity index is 1.66. The number of hydrogen-bond donors (Lipinski definition) is 1. The molecule has 1 aliphatic rings. The monoisotopic (exact) mass is 380 g/mol. The van der Waals surface area contributed by atoms with Crippen LogP contribution in [-0.2, 0) is 17.8 Å². The number of amides is 1. The van der Waals surface area contributed by atoms with Gasteiger partial charge in [0.2, 0.25) is 5.91 Å². The molecule has 5 nitrogen and oxygen atoms in total. The van der Waals surface area contributed by atoms with E-state index in [-0.39, 0.29) is 11.9 Å². The predicted molar refractivity (Wildman–Crippen MR) is 112 cm³/mol. The van der Waals surface area contributed by atoms with Crippen LogP contribution in [0.5, 0.6) is 0 Å². The van der Waals surface area contributed by atoms with Crippen molar-refractivity contribution in [2.24, 2.45) is 0 Å². The van der Waals surface area contributed by atoms with E-state index in [1.54, 1.807) is 0 Å². The van der Waals surface area contributed by atoms with Crippen molar-refractivity contribution in [3.63, 3.8) is 0 Å². The van der Waals surface area contributed by atoms with Crippen LogP contribution in [0.2, 0.25) is 0 Å². The van der Waals surface area contributed by atoms with E-state index in [1.807, 2.05) is 27.7 Å². The van der Waals surface area contributed by atoms with Crippen LogP contribution < -0.4 is 5.32 Å². The first-order valence-corrected chi connectivity index (χ1v) is 10.2. The molecule has 1 saturated heterocycles. The Hall–Kier alpha value is -2.27. The highest BCUT2D eigenvalue weighted by atomic mass is 16.1. The first kappa shape index (κ1) is 20.5. The number of nitrogens with one attached hydrogen (secondary N) is 1. The smallest absolute Gasteiger partial charge is 0.224 e. The molecule has 2 aromatic rings. The van der Waals surface area contributed by atoms with Gasteiger partial charge < -0.3 is 5.32 Å². The standard InChI is InChI=1S/C23H32N4O/c1-15(2)24-22(28)12-21-17(4)25-23(26-18(21)5)20-9-10-27(14-20)13-19-8-6-7-16(3)11-19/h6-8,11,15,20H,9-10,12-14H2,1-5H3,(H,24,28)/t20-/m0/s1. The van der Waals surface area contributed by atoms with Gasteiger partial charge in [-0.1, -0.05) is 29.8 Å². The molecule has 0 unspecified atom stereocenters. The van der Waals surface area contributed by atoms with Crippen LogP contribution in [0, 0.1) is 20.8 Å². The van der Waals surface area contributed by atoms with E-state index in [1.165, 1.54) is 11.1 Å². The second-order valence-corrected chi connectivity index (χ2v) is 8.34. The average molecular weight is 381 g/mol. The van der Waals surface area contributed by atoms with E-state index < -0.39 is 0 Å². The van der Waals surface area contributed by atoms with Crippen molar-refractivity contribution < 1.29 is 4.79 Å². The van der Waals surface area contributed by atoms with Crippen molar-refractivity contribution in [1.82, 2.24) is 20.2 Å². The molecule has 1 fully saturated rings. The lowest BCUT2D eigenvalue weighted by Gasteiger charge is -2.17. The summed E-state index contributed by atoms with van der Waals surface area (Å²) in [7, 11) is 0. The van der Waals surface area contributed by atoms with Crippen molar-refractivity contribution in [2.45, 2.75) is 66.0 Å². The van der Waals surface area contributed by atoms with E-state index in [9.17, 15) is 4.79 Å². The van der Waals surface area contributed by atoms with Crippen LogP contribution in [0.4, 0.5) is 0 Å². The van der Waals surface area contributed by atoms with Gasteiger partial charge in [-0.05, 0) is 53.1 Å². The van der Waals surface area contributed by atoms with Gasteiger partial charge in [-0.25, -0.2) is 9.97 Å².